The normalized spacial score (nSPS) is 10.4. The Kier molecular flexibility index (Phi) is 2.45. The summed E-state index contributed by atoms with van der Waals surface area (Å²) < 4.78 is 5.14. The SMILES string of the molecule is Nc1ccc(-c2noc(-c3cnccn3)n2)cc1. The monoisotopic (exact) mass is 239 g/mol. The van der Waals surface area contributed by atoms with Gasteiger partial charge in [0.2, 0.25) is 5.82 Å². The Balaban J connectivity index is 1.97. The molecule has 0 fully saturated rings. The molecule has 1 aromatic carbocycles. The van der Waals surface area contributed by atoms with Crippen LogP contribution in [-0.2, 0) is 0 Å². The van der Waals surface area contributed by atoms with Crippen molar-refractivity contribution in [2.75, 3.05) is 5.73 Å². The molecule has 3 rings (SSSR count). The van der Waals surface area contributed by atoms with Gasteiger partial charge < -0.3 is 10.3 Å². The van der Waals surface area contributed by atoms with Gasteiger partial charge in [-0.05, 0) is 24.3 Å². The standard InChI is InChI=1S/C12H9N5O/c13-9-3-1-8(2-4-9)11-16-12(18-17-11)10-7-14-5-6-15-10/h1-7H,13H2. The van der Waals surface area contributed by atoms with Crippen molar-refractivity contribution in [2.24, 2.45) is 0 Å². The Morgan fingerprint density at radius 1 is 1.06 bits per heavy atom. The second-order valence-corrected chi connectivity index (χ2v) is 3.64. The minimum atomic E-state index is 0.343. The number of aromatic nitrogens is 4. The zero-order valence-corrected chi connectivity index (χ0v) is 9.32. The summed E-state index contributed by atoms with van der Waals surface area (Å²) in [6.07, 6.45) is 4.73. The topological polar surface area (TPSA) is 90.7 Å². The number of anilines is 1. The van der Waals surface area contributed by atoms with E-state index in [1.54, 1.807) is 30.7 Å². The Labute approximate surface area is 103 Å². The highest BCUT2D eigenvalue weighted by Crippen LogP contribution is 2.20. The van der Waals surface area contributed by atoms with Crippen LogP contribution in [0.4, 0.5) is 5.69 Å². The van der Waals surface area contributed by atoms with Crippen LogP contribution in [0, 0.1) is 0 Å². The van der Waals surface area contributed by atoms with Gasteiger partial charge in [0, 0.05) is 23.6 Å². The third kappa shape index (κ3) is 1.91. The molecule has 0 radical (unpaired) electrons. The minimum absolute atomic E-state index is 0.343. The van der Waals surface area contributed by atoms with Gasteiger partial charge >= 0.3 is 0 Å². The summed E-state index contributed by atoms with van der Waals surface area (Å²) in [6.45, 7) is 0. The second kappa shape index (κ2) is 4.25. The molecule has 6 nitrogen and oxygen atoms in total. The molecule has 0 unspecified atom stereocenters. The van der Waals surface area contributed by atoms with Crippen molar-refractivity contribution in [2.45, 2.75) is 0 Å². The van der Waals surface area contributed by atoms with Crippen LogP contribution in [0.3, 0.4) is 0 Å². The lowest BCUT2D eigenvalue weighted by atomic mass is 10.2. The van der Waals surface area contributed by atoms with Gasteiger partial charge in [0.15, 0.2) is 0 Å². The van der Waals surface area contributed by atoms with Crippen LogP contribution in [0.5, 0.6) is 0 Å². The third-order valence-corrected chi connectivity index (χ3v) is 2.38. The molecular weight excluding hydrogens is 230 g/mol. The number of nitrogen functional groups attached to an aromatic ring is 1. The van der Waals surface area contributed by atoms with Gasteiger partial charge in [-0.2, -0.15) is 4.98 Å². The molecule has 6 heteroatoms. The molecule has 2 aromatic heterocycles. The van der Waals surface area contributed by atoms with E-state index in [9.17, 15) is 0 Å². The van der Waals surface area contributed by atoms with Gasteiger partial charge in [-0.25, -0.2) is 4.98 Å². The van der Waals surface area contributed by atoms with Crippen molar-refractivity contribution in [1.29, 1.82) is 0 Å². The van der Waals surface area contributed by atoms with Gasteiger partial charge in [0.25, 0.3) is 5.89 Å². The highest BCUT2D eigenvalue weighted by atomic mass is 16.5. The lowest BCUT2D eigenvalue weighted by Crippen LogP contribution is -1.86. The summed E-state index contributed by atoms with van der Waals surface area (Å²) >= 11 is 0. The van der Waals surface area contributed by atoms with Crippen LogP contribution >= 0.6 is 0 Å². The van der Waals surface area contributed by atoms with Crippen molar-refractivity contribution < 1.29 is 4.52 Å². The zero-order chi connectivity index (χ0) is 12.4. The van der Waals surface area contributed by atoms with E-state index in [1.807, 2.05) is 12.1 Å². The van der Waals surface area contributed by atoms with Gasteiger partial charge in [0.1, 0.15) is 5.69 Å². The Morgan fingerprint density at radius 2 is 1.89 bits per heavy atom. The number of benzene rings is 1. The molecule has 0 aliphatic carbocycles. The predicted octanol–water partition coefficient (Wildman–Crippen LogP) is 1.78. The molecule has 0 atom stereocenters. The maximum atomic E-state index is 5.62. The van der Waals surface area contributed by atoms with Crippen molar-refractivity contribution in [1.82, 2.24) is 20.1 Å². The molecule has 0 aliphatic rings. The predicted molar refractivity (Wildman–Crippen MR) is 65.2 cm³/mol. The molecular formula is C12H9N5O. The fraction of sp³-hybridized carbons (Fsp3) is 0. The Bertz CT molecular complexity index is 648. The van der Waals surface area contributed by atoms with Crippen molar-refractivity contribution >= 4 is 5.69 Å². The van der Waals surface area contributed by atoms with Gasteiger partial charge in [-0.1, -0.05) is 5.16 Å². The van der Waals surface area contributed by atoms with E-state index in [0.29, 0.717) is 23.1 Å². The highest BCUT2D eigenvalue weighted by Gasteiger charge is 2.11. The lowest BCUT2D eigenvalue weighted by Gasteiger charge is -1.94. The maximum absolute atomic E-state index is 5.62. The molecule has 0 amide bonds. The number of hydrogen-bond acceptors (Lipinski definition) is 6. The van der Waals surface area contributed by atoms with Crippen molar-refractivity contribution in [3.63, 3.8) is 0 Å². The number of nitrogens with zero attached hydrogens (tertiary/aromatic N) is 4. The van der Waals surface area contributed by atoms with Crippen LogP contribution in [0.1, 0.15) is 0 Å². The zero-order valence-electron chi connectivity index (χ0n) is 9.32. The van der Waals surface area contributed by atoms with Crippen LogP contribution < -0.4 is 5.73 Å². The molecule has 0 saturated carbocycles. The molecule has 88 valence electrons. The summed E-state index contributed by atoms with van der Waals surface area (Å²) in [5, 5.41) is 3.90. The van der Waals surface area contributed by atoms with Crippen LogP contribution in [0.2, 0.25) is 0 Å². The third-order valence-electron chi connectivity index (χ3n) is 2.38. The van der Waals surface area contributed by atoms with E-state index in [4.69, 9.17) is 10.3 Å². The first-order valence-electron chi connectivity index (χ1n) is 5.29. The van der Waals surface area contributed by atoms with Gasteiger partial charge in [-0.3, -0.25) is 4.98 Å². The van der Waals surface area contributed by atoms with Crippen molar-refractivity contribution in [3.05, 3.63) is 42.9 Å². The molecule has 0 spiro atoms. The molecule has 2 N–H and O–H groups in total. The first kappa shape index (κ1) is 10.4. The number of rotatable bonds is 2. The largest absolute Gasteiger partial charge is 0.399 e. The fourth-order valence-corrected chi connectivity index (χ4v) is 1.49. The fourth-order valence-electron chi connectivity index (χ4n) is 1.49. The minimum Gasteiger partial charge on any atom is -0.399 e. The molecule has 18 heavy (non-hydrogen) atoms. The number of nitrogens with two attached hydrogens (primary N) is 1. The quantitative estimate of drug-likeness (QED) is 0.685. The summed E-state index contributed by atoms with van der Waals surface area (Å²) in [5.41, 5.74) is 7.69. The average molecular weight is 239 g/mol. The van der Waals surface area contributed by atoms with Crippen LogP contribution in [-0.4, -0.2) is 20.1 Å². The summed E-state index contributed by atoms with van der Waals surface area (Å²) in [7, 11) is 0. The maximum Gasteiger partial charge on any atom is 0.278 e. The number of hydrogen-bond donors (Lipinski definition) is 1. The van der Waals surface area contributed by atoms with Crippen LogP contribution in [0.25, 0.3) is 23.0 Å². The first-order chi connectivity index (χ1) is 8.83. The molecule has 0 saturated heterocycles. The summed E-state index contributed by atoms with van der Waals surface area (Å²) in [5.74, 6) is 0.838. The molecule has 2 heterocycles. The van der Waals surface area contributed by atoms with E-state index in [1.165, 1.54) is 0 Å². The smallest absolute Gasteiger partial charge is 0.278 e. The average Bonchev–Trinajstić information content (AvgIpc) is 2.90. The van der Waals surface area contributed by atoms with E-state index in [-0.39, 0.29) is 0 Å². The van der Waals surface area contributed by atoms with E-state index < -0.39 is 0 Å². The van der Waals surface area contributed by atoms with E-state index >= 15 is 0 Å². The molecule has 0 bridgehead atoms. The molecule has 3 aromatic rings. The lowest BCUT2D eigenvalue weighted by molar-refractivity contribution is 0.431. The van der Waals surface area contributed by atoms with E-state index in [0.717, 1.165) is 5.56 Å². The van der Waals surface area contributed by atoms with Gasteiger partial charge in [0.05, 0.1) is 6.20 Å². The molecule has 0 aliphatic heterocycles. The van der Waals surface area contributed by atoms with Crippen molar-refractivity contribution in [3.8, 4) is 23.0 Å². The highest BCUT2D eigenvalue weighted by molar-refractivity contribution is 5.60. The van der Waals surface area contributed by atoms with Gasteiger partial charge in [-0.15, -0.1) is 0 Å². The summed E-state index contributed by atoms with van der Waals surface area (Å²) in [6, 6.07) is 7.24. The van der Waals surface area contributed by atoms with E-state index in [2.05, 4.69) is 20.1 Å². The first-order valence-corrected chi connectivity index (χ1v) is 5.29. The Hall–Kier alpha value is -2.76. The Morgan fingerprint density at radius 3 is 2.61 bits per heavy atom. The second-order valence-electron chi connectivity index (χ2n) is 3.64. The summed E-state index contributed by atoms with van der Waals surface area (Å²) in [4.78, 5) is 12.3. The van der Waals surface area contributed by atoms with Crippen LogP contribution in [0.15, 0.2) is 47.4 Å².